The van der Waals surface area contributed by atoms with Gasteiger partial charge in [0, 0.05) is 19.1 Å². The van der Waals surface area contributed by atoms with Gasteiger partial charge in [-0.2, -0.15) is 0 Å². The summed E-state index contributed by atoms with van der Waals surface area (Å²) >= 11 is 2.15. The van der Waals surface area contributed by atoms with Gasteiger partial charge in [0.1, 0.15) is 15.1 Å². The lowest BCUT2D eigenvalue weighted by Gasteiger charge is -2.52. The number of anilines is 1. The molecular formula is C17H25IN4O2. The lowest BCUT2D eigenvalue weighted by molar-refractivity contribution is -0.00863. The van der Waals surface area contributed by atoms with E-state index in [9.17, 15) is 4.79 Å². The molecule has 1 aromatic heterocycles. The van der Waals surface area contributed by atoms with E-state index in [0.29, 0.717) is 11.5 Å². The zero-order valence-electron chi connectivity index (χ0n) is 14.5. The Hall–Kier alpha value is -1.12. The Morgan fingerprint density at radius 1 is 1.29 bits per heavy atom. The number of nitrogens with zero attached hydrogens (tertiary/aromatic N) is 3. The lowest BCUT2D eigenvalue weighted by atomic mass is 9.60. The van der Waals surface area contributed by atoms with Gasteiger partial charge in [-0.1, -0.05) is 0 Å². The van der Waals surface area contributed by atoms with Crippen molar-refractivity contribution >= 4 is 34.5 Å². The van der Waals surface area contributed by atoms with E-state index >= 15 is 0 Å². The smallest absolute Gasteiger partial charge is 0.410 e. The average Bonchev–Trinajstić information content (AvgIpc) is 2.47. The fourth-order valence-corrected chi connectivity index (χ4v) is 3.88. The molecule has 2 aliphatic rings. The predicted molar refractivity (Wildman–Crippen MR) is 101 cm³/mol. The van der Waals surface area contributed by atoms with Gasteiger partial charge >= 0.3 is 6.09 Å². The molecule has 0 atom stereocenters. The Morgan fingerprint density at radius 2 is 1.96 bits per heavy atom. The molecule has 6 nitrogen and oxygen atoms in total. The molecule has 132 valence electrons. The van der Waals surface area contributed by atoms with Crippen LogP contribution in [0.1, 0.15) is 46.5 Å². The van der Waals surface area contributed by atoms with Crippen molar-refractivity contribution in [2.24, 2.45) is 5.41 Å². The van der Waals surface area contributed by atoms with Crippen molar-refractivity contribution in [1.82, 2.24) is 15.1 Å². The number of nitrogens with one attached hydrogen (secondary N) is 1. The molecule has 0 radical (unpaired) electrons. The highest BCUT2D eigenvalue weighted by Crippen LogP contribution is 2.50. The van der Waals surface area contributed by atoms with Crippen molar-refractivity contribution in [3.8, 4) is 0 Å². The quantitative estimate of drug-likeness (QED) is 0.706. The van der Waals surface area contributed by atoms with E-state index in [4.69, 9.17) is 4.74 Å². The van der Waals surface area contributed by atoms with E-state index in [1.165, 1.54) is 0 Å². The highest BCUT2D eigenvalue weighted by Gasteiger charge is 2.46. The van der Waals surface area contributed by atoms with Crippen molar-refractivity contribution in [2.75, 3.05) is 18.4 Å². The van der Waals surface area contributed by atoms with Crippen LogP contribution in [0.15, 0.2) is 12.1 Å². The molecule has 1 saturated carbocycles. The summed E-state index contributed by atoms with van der Waals surface area (Å²) < 4.78 is 6.37. The normalized spacial score (nSPS) is 20.6. The standard InChI is InChI=1S/C17H25IN4O2/c1-16(2,3)24-15(23)22-8-6-17(7-9-22)10-12(11-17)19-14-5-4-13(18)20-21-14/h4-5,12H,6-11H2,1-3H3,(H,19,21). The molecule has 0 unspecified atom stereocenters. The number of piperidine rings is 1. The predicted octanol–water partition coefficient (Wildman–Crippen LogP) is 3.67. The Morgan fingerprint density at radius 3 is 2.50 bits per heavy atom. The number of carbonyl (C=O) groups excluding carboxylic acids is 1. The molecule has 3 rings (SSSR count). The van der Waals surface area contributed by atoms with Crippen molar-refractivity contribution in [3.05, 3.63) is 15.8 Å². The first-order valence-corrected chi connectivity index (χ1v) is 9.56. The van der Waals surface area contributed by atoms with Crippen LogP contribution in [0.25, 0.3) is 0 Å². The molecule has 2 heterocycles. The lowest BCUT2D eigenvalue weighted by Crippen LogP contribution is -2.53. The molecule has 0 bridgehead atoms. The molecule has 1 N–H and O–H groups in total. The van der Waals surface area contributed by atoms with Crippen LogP contribution in [0.3, 0.4) is 0 Å². The number of hydrogen-bond acceptors (Lipinski definition) is 5. The second-order valence-corrected chi connectivity index (χ2v) is 9.06. The average molecular weight is 444 g/mol. The monoisotopic (exact) mass is 444 g/mol. The van der Waals surface area contributed by atoms with Crippen molar-refractivity contribution in [2.45, 2.75) is 58.1 Å². The molecule has 1 aromatic rings. The third-order valence-electron chi connectivity index (χ3n) is 4.82. The summed E-state index contributed by atoms with van der Waals surface area (Å²) in [6, 6.07) is 4.40. The summed E-state index contributed by atoms with van der Waals surface area (Å²) in [6.45, 7) is 7.32. The van der Waals surface area contributed by atoms with Gasteiger partial charge in [-0.05, 0) is 86.6 Å². The number of ether oxygens (including phenoxy) is 1. The fourth-order valence-electron chi connectivity index (χ4n) is 3.59. The van der Waals surface area contributed by atoms with Gasteiger partial charge in [0.25, 0.3) is 0 Å². The molecule has 7 heteroatoms. The maximum absolute atomic E-state index is 12.1. The van der Waals surface area contributed by atoms with Gasteiger partial charge < -0.3 is 15.0 Å². The van der Waals surface area contributed by atoms with Gasteiger partial charge in [0.05, 0.1) is 0 Å². The third kappa shape index (κ3) is 4.29. The summed E-state index contributed by atoms with van der Waals surface area (Å²) in [5.74, 6) is 0.849. The van der Waals surface area contributed by atoms with E-state index in [-0.39, 0.29) is 6.09 Å². The Labute approximate surface area is 156 Å². The van der Waals surface area contributed by atoms with Crippen molar-refractivity contribution < 1.29 is 9.53 Å². The molecule has 24 heavy (non-hydrogen) atoms. The molecule has 1 spiro atoms. The highest BCUT2D eigenvalue weighted by atomic mass is 127. The van der Waals surface area contributed by atoms with Crippen LogP contribution in [0.5, 0.6) is 0 Å². The largest absolute Gasteiger partial charge is 0.444 e. The SMILES string of the molecule is CC(C)(C)OC(=O)N1CCC2(CC1)CC(Nc1ccc(I)nn1)C2. The van der Waals surface area contributed by atoms with E-state index < -0.39 is 5.60 Å². The van der Waals surface area contributed by atoms with Gasteiger partial charge in [0.15, 0.2) is 0 Å². The van der Waals surface area contributed by atoms with Crippen LogP contribution < -0.4 is 5.32 Å². The number of aromatic nitrogens is 2. The fraction of sp³-hybridized carbons (Fsp3) is 0.706. The maximum Gasteiger partial charge on any atom is 0.410 e. The second kappa shape index (κ2) is 6.65. The summed E-state index contributed by atoms with van der Waals surface area (Å²) in [5.41, 5.74) is -0.0426. The Bertz CT molecular complexity index is 584. The Balaban J connectivity index is 1.45. The Kier molecular flexibility index (Phi) is 4.90. The molecule has 1 aliphatic heterocycles. The van der Waals surface area contributed by atoms with Gasteiger partial charge in [-0.3, -0.25) is 0 Å². The zero-order valence-corrected chi connectivity index (χ0v) is 16.7. The van der Waals surface area contributed by atoms with Gasteiger partial charge in [-0.25, -0.2) is 4.79 Å². The minimum Gasteiger partial charge on any atom is -0.444 e. The first kappa shape index (κ1) is 17.7. The van der Waals surface area contributed by atoms with Crippen LogP contribution in [-0.2, 0) is 4.74 Å². The highest BCUT2D eigenvalue weighted by molar-refractivity contribution is 14.1. The molecule has 2 fully saturated rings. The maximum atomic E-state index is 12.1. The molecule has 1 amide bonds. The minimum atomic E-state index is -0.424. The van der Waals surface area contributed by atoms with Gasteiger partial charge in [-0.15, -0.1) is 10.2 Å². The van der Waals surface area contributed by atoms with E-state index in [1.807, 2.05) is 37.8 Å². The van der Waals surface area contributed by atoms with Crippen LogP contribution in [0, 0.1) is 9.12 Å². The molecule has 0 aromatic carbocycles. The molecule has 1 aliphatic carbocycles. The van der Waals surface area contributed by atoms with Crippen LogP contribution in [0.2, 0.25) is 0 Å². The number of hydrogen-bond donors (Lipinski definition) is 1. The van der Waals surface area contributed by atoms with Crippen molar-refractivity contribution in [3.63, 3.8) is 0 Å². The van der Waals surface area contributed by atoms with Crippen molar-refractivity contribution in [1.29, 1.82) is 0 Å². The molecule has 1 saturated heterocycles. The summed E-state index contributed by atoms with van der Waals surface area (Å²) in [6.07, 6.45) is 4.22. The summed E-state index contributed by atoms with van der Waals surface area (Å²) in [4.78, 5) is 14.0. The summed E-state index contributed by atoms with van der Waals surface area (Å²) in [5, 5.41) is 11.7. The third-order valence-corrected chi connectivity index (χ3v) is 5.39. The van der Waals surface area contributed by atoms with Crippen LogP contribution in [-0.4, -0.2) is 45.9 Å². The minimum absolute atomic E-state index is 0.180. The number of rotatable bonds is 2. The van der Waals surface area contributed by atoms with Crippen LogP contribution in [0.4, 0.5) is 10.6 Å². The zero-order chi connectivity index (χ0) is 17.4. The number of likely N-dealkylation sites (tertiary alicyclic amines) is 1. The number of carbonyl (C=O) groups is 1. The first-order chi connectivity index (χ1) is 11.2. The van der Waals surface area contributed by atoms with E-state index in [1.54, 1.807) is 0 Å². The van der Waals surface area contributed by atoms with E-state index in [2.05, 4.69) is 38.1 Å². The second-order valence-electron chi connectivity index (χ2n) is 7.96. The summed E-state index contributed by atoms with van der Waals surface area (Å²) in [7, 11) is 0. The molecular weight excluding hydrogens is 419 g/mol. The topological polar surface area (TPSA) is 67.3 Å². The first-order valence-electron chi connectivity index (χ1n) is 8.48. The van der Waals surface area contributed by atoms with E-state index in [0.717, 1.165) is 48.3 Å². The van der Waals surface area contributed by atoms with Crippen LogP contribution >= 0.6 is 22.6 Å². The number of amides is 1. The number of halogens is 1. The van der Waals surface area contributed by atoms with Gasteiger partial charge in [0.2, 0.25) is 0 Å².